The van der Waals surface area contributed by atoms with E-state index in [9.17, 15) is 9.59 Å². The number of likely N-dealkylation sites (tertiary alicyclic amines) is 1. The van der Waals surface area contributed by atoms with Gasteiger partial charge in [0, 0.05) is 33.6 Å². The molecule has 0 bridgehead atoms. The Labute approximate surface area is 198 Å². The van der Waals surface area contributed by atoms with Crippen LogP contribution >= 0.6 is 0 Å². The molecule has 2 aromatic rings. The first kappa shape index (κ1) is 23.3. The lowest BCUT2D eigenvalue weighted by atomic mass is 9.72. The topological polar surface area (TPSA) is 40.6 Å². The number of hydrogen-bond acceptors (Lipinski definition) is 2. The molecule has 0 spiro atoms. The highest BCUT2D eigenvalue weighted by molar-refractivity contribution is 5.84. The van der Waals surface area contributed by atoms with Crippen molar-refractivity contribution < 1.29 is 9.59 Å². The van der Waals surface area contributed by atoms with E-state index in [1.165, 1.54) is 22.3 Å². The number of nitrogens with zero attached hydrogens (tertiary/aromatic N) is 2. The zero-order chi connectivity index (χ0) is 23.4. The van der Waals surface area contributed by atoms with Crippen LogP contribution in [0.2, 0.25) is 0 Å². The van der Waals surface area contributed by atoms with Gasteiger partial charge in [-0.3, -0.25) is 9.59 Å². The van der Waals surface area contributed by atoms with Crippen molar-refractivity contribution in [2.45, 2.75) is 45.4 Å². The lowest BCUT2D eigenvalue weighted by Crippen LogP contribution is -2.51. The molecule has 33 heavy (non-hydrogen) atoms. The van der Waals surface area contributed by atoms with Gasteiger partial charge in [0.25, 0.3) is 0 Å². The summed E-state index contributed by atoms with van der Waals surface area (Å²) in [5.41, 5.74) is 4.39. The van der Waals surface area contributed by atoms with Crippen LogP contribution in [0.4, 0.5) is 0 Å². The van der Waals surface area contributed by atoms with Gasteiger partial charge in [0.15, 0.2) is 0 Å². The summed E-state index contributed by atoms with van der Waals surface area (Å²) in [5.74, 6) is 0.797. The van der Waals surface area contributed by atoms with Crippen LogP contribution in [0, 0.1) is 18.3 Å². The molecule has 4 nitrogen and oxygen atoms in total. The van der Waals surface area contributed by atoms with Crippen LogP contribution in [0.25, 0.3) is 11.1 Å². The lowest BCUT2D eigenvalue weighted by Gasteiger charge is -2.42. The number of amides is 2. The Hall–Kier alpha value is -2.88. The Balaban J connectivity index is 1.51. The van der Waals surface area contributed by atoms with Crippen molar-refractivity contribution in [3.8, 4) is 11.1 Å². The van der Waals surface area contributed by atoms with Gasteiger partial charge >= 0.3 is 0 Å². The molecule has 0 N–H and O–H groups in total. The summed E-state index contributed by atoms with van der Waals surface area (Å²) in [5, 5.41) is 0. The molecule has 1 heterocycles. The summed E-state index contributed by atoms with van der Waals surface area (Å²) in [6.45, 7) is 3.45. The molecule has 174 valence electrons. The molecule has 0 unspecified atom stereocenters. The van der Waals surface area contributed by atoms with Crippen LogP contribution < -0.4 is 0 Å². The van der Waals surface area contributed by atoms with Gasteiger partial charge in [-0.15, -0.1) is 0 Å². The van der Waals surface area contributed by atoms with Crippen molar-refractivity contribution in [1.82, 2.24) is 9.80 Å². The standard InChI is InChI=1S/C29H36N2O2/c1-22-9-4-7-14-26(22)25-13-8-12-24(19-25)21-29(28(33)30(2)3)15-17-31(18-16-29)27(32)20-23-10-5-6-11-23/h4-5,7-10,12-14,19,23H,6,11,15-18,20-21H2,1-3H3/t23-/m0/s1. The largest absolute Gasteiger partial charge is 0.348 e. The summed E-state index contributed by atoms with van der Waals surface area (Å²) >= 11 is 0. The molecule has 0 aromatic heterocycles. The fourth-order valence-electron chi connectivity index (χ4n) is 5.48. The number of rotatable bonds is 6. The first-order valence-electron chi connectivity index (χ1n) is 12.2. The van der Waals surface area contributed by atoms with E-state index < -0.39 is 5.41 Å². The quantitative estimate of drug-likeness (QED) is 0.571. The molecule has 4 rings (SSSR count). The number of carbonyl (C=O) groups excluding carboxylic acids is 2. The predicted molar refractivity (Wildman–Crippen MR) is 134 cm³/mol. The second-order valence-corrected chi connectivity index (χ2v) is 10.0. The van der Waals surface area contributed by atoms with Crippen molar-refractivity contribution in [2.24, 2.45) is 11.3 Å². The van der Waals surface area contributed by atoms with Gasteiger partial charge in [-0.1, -0.05) is 60.7 Å². The summed E-state index contributed by atoms with van der Waals surface area (Å²) in [7, 11) is 3.69. The normalized spacial score (nSPS) is 19.5. The van der Waals surface area contributed by atoms with Crippen LogP contribution in [-0.4, -0.2) is 48.8 Å². The summed E-state index contributed by atoms with van der Waals surface area (Å²) in [4.78, 5) is 30.0. The zero-order valence-corrected chi connectivity index (χ0v) is 20.2. The third-order valence-corrected chi connectivity index (χ3v) is 7.41. The van der Waals surface area contributed by atoms with Gasteiger partial charge in [-0.2, -0.15) is 0 Å². The third kappa shape index (κ3) is 5.21. The van der Waals surface area contributed by atoms with Gasteiger partial charge in [0.05, 0.1) is 5.41 Å². The van der Waals surface area contributed by atoms with Crippen molar-refractivity contribution >= 4 is 11.8 Å². The molecule has 2 aromatic carbocycles. The summed E-state index contributed by atoms with van der Waals surface area (Å²) in [6, 6.07) is 17.0. The van der Waals surface area contributed by atoms with Crippen LogP contribution in [0.15, 0.2) is 60.7 Å². The predicted octanol–water partition coefficient (Wildman–Crippen LogP) is 5.26. The maximum absolute atomic E-state index is 13.4. The molecule has 1 fully saturated rings. The van der Waals surface area contributed by atoms with Gasteiger partial charge in [-0.25, -0.2) is 0 Å². The van der Waals surface area contributed by atoms with Crippen LogP contribution in [0.5, 0.6) is 0 Å². The minimum absolute atomic E-state index is 0.176. The Morgan fingerprint density at radius 3 is 2.48 bits per heavy atom. The summed E-state index contributed by atoms with van der Waals surface area (Å²) in [6.07, 6.45) is 9.26. The van der Waals surface area contributed by atoms with Crippen LogP contribution in [0.1, 0.15) is 43.2 Å². The first-order valence-corrected chi connectivity index (χ1v) is 12.2. The van der Waals surface area contributed by atoms with Crippen molar-refractivity contribution in [2.75, 3.05) is 27.2 Å². The molecule has 1 saturated heterocycles. The number of carbonyl (C=O) groups is 2. The fourth-order valence-corrected chi connectivity index (χ4v) is 5.48. The Kier molecular flexibility index (Phi) is 7.02. The number of aryl methyl sites for hydroxylation is 1. The molecule has 0 radical (unpaired) electrons. The van der Waals surface area contributed by atoms with E-state index in [4.69, 9.17) is 0 Å². The maximum atomic E-state index is 13.4. The molecule has 2 aliphatic rings. The van der Waals surface area contributed by atoms with Crippen molar-refractivity contribution in [1.29, 1.82) is 0 Å². The smallest absolute Gasteiger partial charge is 0.228 e. The van der Waals surface area contributed by atoms with Gasteiger partial charge in [0.1, 0.15) is 0 Å². The molecular weight excluding hydrogens is 408 g/mol. The third-order valence-electron chi connectivity index (χ3n) is 7.41. The minimum atomic E-state index is -0.460. The number of hydrogen-bond donors (Lipinski definition) is 0. The fraction of sp³-hybridized carbons (Fsp3) is 0.448. The second-order valence-electron chi connectivity index (χ2n) is 10.0. The Bertz CT molecular complexity index is 1030. The molecule has 0 saturated carbocycles. The van der Waals surface area contributed by atoms with Crippen LogP contribution in [-0.2, 0) is 16.0 Å². The van der Waals surface area contributed by atoms with E-state index in [-0.39, 0.29) is 11.8 Å². The van der Waals surface area contributed by atoms with Crippen LogP contribution in [0.3, 0.4) is 0 Å². The SMILES string of the molecule is Cc1ccccc1-c1cccc(CC2(C(=O)N(C)C)CCN(C(=O)C[C@H]3C=CCC3)CC2)c1. The van der Waals surface area contributed by atoms with E-state index in [0.29, 0.717) is 44.7 Å². The van der Waals surface area contributed by atoms with E-state index in [1.54, 1.807) is 4.90 Å². The minimum Gasteiger partial charge on any atom is -0.348 e. The van der Waals surface area contributed by atoms with Crippen molar-refractivity contribution in [3.63, 3.8) is 0 Å². The maximum Gasteiger partial charge on any atom is 0.228 e. The highest BCUT2D eigenvalue weighted by atomic mass is 16.2. The number of piperidine rings is 1. The van der Waals surface area contributed by atoms with E-state index in [1.807, 2.05) is 19.0 Å². The van der Waals surface area contributed by atoms with Gasteiger partial charge in [0.2, 0.25) is 11.8 Å². The highest BCUT2D eigenvalue weighted by Gasteiger charge is 2.43. The van der Waals surface area contributed by atoms with Gasteiger partial charge < -0.3 is 9.80 Å². The molecular formula is C29H36N2O2. The lowest BCUT2D eigenvalue weighted by molar-refractivity contribution is -0.146. The van der Waals surface area contributed by atoms with E-state index in [2.05, 4.69) is 67.6 Å². The average Bonchev–Trinajstić information content (AvgIpc) is 3.32. The number of benzene rings is 2. The van der Waals surface area contributed by atoms with E-state index >= 15 is 0 Å². The molecule has 1 aliphatic heterocycles. The highest BCUT2D eigenvalue weighted by Crippen LogP contribution is 2.38. The Morgan fingerprint density at radius 1 is 1.06 bits per heavy atom. The van der Waals surface area contributed by atoms with Gasteiger partial charge in [-0.05, 0) is 67.2 Å². The molecule has 1 atom stereocenters. The number of allylic oxidation sites excluding steroid dienone is 2. The zero-order valence-electron chi connectivity index (χ0n) is 20.2. The van der Waals surface area contributed by atoms with E-state index in [0.717, 1.165) is 12.8 Å². The molecule has 4 heteroatoms. The second kappa shape index (κ2) is 9.94. The monoisotopic (exact) mass is 444 g/mol. The average molecular weight is 445 g/mol. The molecule has 1 aliphatic carbocycles. The molecule has 2 amide bonds. The Morgan fingerprint density at radius 2 is 1.82 bits per heavy atom. The summed E-state index contributed by atoms with van der Waals surface area (Å²) < 4.78 is 0. The first-order chi connectivity index (χ1) is 15.9. The van der Waals surface area contributed by atoms with Crippen molar-refractivity contribution in [3.05, 3.63) is 71.8 Å².